The van der Waals surface area contributed by atoms with Gasteiger partial charge in [-0.05, 0) is 39.7 Å². The van der Waals surface area contributed by atoms with Crippen LogP contribution >= 0.6 is 24.0 Å². The second kappa shape index (κ2) is 12.7. The highest BCUT2D eigenvalue weighted by Crippen LogP contribution is 2.02. The Hall–Kier alpha value is -0.830. The van der Waals surface area contributed by atoms with Gasteiger partial charge in [-0.1, -0.05) is 0 Å². The van der Waals surface area contributed by atoms with Crippen LogP contribution < -0.4 is 10.6 Å². The summed E-state index contributed by atoms with van der Waals surface area (Å²) in [7, 11) is 1.72. The molecule has 0 atom stereocenters. The normalized spacial score (nSPS) is 11.2. The Bertz CT molecular complexity index is 434. The molecule has 7 heteroatoms. The number of aliphatic imine (C=N–C) groups is 1. The maximum Gasteiger partial charge on any atom is 0.191 e. The van der Waals surface area contributed by atoms with Crippen molar-refractivity contribution in [1.29, 1.82) is 0 Å². The van der Waals surface area contributed by atoms with Gasteiger partial charge in [-0.2, -0.15) is 5.10 Å². The van der Waals surface area contributed by atoms with E-state index in [4.69, 9.17) is 4.74 Å². The monoisotopic (exact) mass is 423 g/mol. The van der Waals surface area contributed by atoms with Crippen molar-refractivity contribution in [3.05, 3.63) is 17.5 Å². The van der Waals surface area contributed by atoms with E-state index in [9.17, 15) is 0 Å². The van der Waals surface area contributed by atoms with Crippen LogP contribution in [0.5, 0.6) is 0 Å². The van der Waals surface area contributed by atoms with E-state index in [1.165, 1.54) is 5.69 Å². The van der Waals surface area contributed by atoms with Crippen LogP contribution in [0.25, 0.3) is 0 Å². The highest BCUT2D eigenvalue weighted by molar-refractivity contribution is 14.0. The molecule has 0 spiro atoms. The quantitative estimate of drug-likeness (QED) is 0.277. The molecule has 0 radical (unpaired) electrons. The van der Waals surface area contributed by atoms with E-state index in [-0.39, 0.29) is 24.0 Å². The smallest absolute Gasteiger partial charge is 0.191 e. The highest BCUT2D eigenvalue weighted by atomic mass is 127. The lowest BCUT2D eigenvalue weighted by molar-refractivity contribution is 0.195. The summed E-state index contributed by atoms with van der Waals surface area (Å²) in [4.78, 5) is 4.58. The molecule has 1 heterocycles. The van der Waals surface area contributed by atoms with E-state index in [2.05, 4.69) is 40.6 Å². The summed E-state index contributed by atoms with van der Waals surface area (Å²) in [6.45, 7) is 10.4. The summed E-state index contributed by atoms with van der Waals surface area (Å²) in [5, 5.41) is 11.0. The Labute approximate surface area is 151 Å². The van der Waals surface area contributed by atoms with E-state index in [1.54, 1.807) is 7.11 Å². The Morgan fingerprint density at radius 3 is 2.68 bits per heavy atom. The van der Waals surface area contributed by atoms with Gasteiger partial charge >= 0.3 is 0 Å². The summed E-state index contributed by atoms with van der Waals surface area (Å²) in [6.07, 6.45) is 1.96. The van der Waals surface area contributed by atoms with Crippen LogP contribution in [-0.2, 0) is 11.3 Å². The zero-order valence-electron chi connectivity index (χ0n) is 14.2. The Balaban J connectivity index is 0.00000441. The Morgan fingerprint density at radius 2 is 2.09 bits per heavy atom. The fourth-order valence-electron chi connectivity index (χ4n) is 2.08. The average molecular weight is 423 g/mol. The number of ether oxygens (including phenoxy) is 1. The van der Waals surface area contributed by atoms with Gasteiger partial charge in [0, 0.05) is 45.6 Å². The zero-order valence-corrected chi connectivity index (χ0v) is 16.5. The third-order valence-electron chi connectivity index (χ3n) is 3.06. The van der Waals surface area contributed by atoms with Gasteiger partial charge in [0.05, 0.1) is 5.69 Å². The number of hydrogen-bond donors (Lipinski definition) is 2. The molecule has 1 rings (SSSR count). The lowest BCUT2D eigenvalue weighted by atomic mass is 10.4. The van der Waals surface area contributed by atoms with Crippen molar-refractivity contribution in [2.24, 2.45) is 4.99 Å². The van der Waals surface area contributed by atoms with E-state index in [0.717, 1.165) is 57.3 Å². The van der Waals surface area contributed by atoms with Crippen molar-refractivity contribution in [3.63, 3.8) is 0 Å². The molecule has 0 aliphatic heterocycles. The molecule has 0 bridgehead atoms. The molecule has 2 N–H and O–H groups in total. The van der Waals surface area contributed by atoms with Gasteiger partial charge in [0.15, 0.2) is 5.96 Å². The van der Waals surface area contributed by atoms with E-state index in [0.29, 0.717) is 0 Å². The number of nitrogens with one attached hydrogen (secondary N) is 2. The van der Waals surface area contributed by atoms with E-state index >= 15 is 0 Å². The van der Waals surface area contributed by atoms with Crippen LogP contribution in [0.15, 0.2) is 11.1 Å². The van der Waals surface area contributed by atoms with Crippen molar-refractivity contribution in [2.45, 2.75) is 40.2 Å². The molecule has 1 aromatic rings. The van der Waals surface area contributed by atoms with Gasteiger partial charge in [0.2, 0.25) is 0 Å². The van der Waals surface area contributed by atoms with Gasteiger partial charge in [-0.25, -0.2) is 0 Å². The predicted octanol–water partition coefficient (Wildman–Crippen LogP) is 2.10. The maximum atomic E-state index is 5.03. The van der Waals surface area contributed by atoms with Gasteiger partial charge in [-0.3, -0.25) is 9.67 Å². The summed E-state index contributed by atoms with van der Waals surface area (Å²) in [5.74, 6) is 0.877. The van der Waals surface area contributed by atoms with Gasteiger partial charge in [0.25, 0.3) is 0 Å². The van der Waals surface area contributed by atoms with Gasteiger partial charge < -0.3 is 15.4 Å². The molecular weight excluding hydrogens is 393 g/mol. The highest BCUT2D eigenvalue weighted by Gasteiger charge is 2.00. The molecule has 1 aromatic heterocycles. The van der Waals surface area contributed by atoms with Crippen LogP contribution in [-0.4, -0.2) is 49.1 Å². The zero-order chi connectivity index (χ0) is 15.5. The van der Waals surface area contributed by atoms with Crippen molar-refractivity contribution in [3.8, 4) is 0 Å². The molecule has 128 valence electrons. The lowest BCUT2D eigenvalue weighted by Gasteiger charge is -2.11. The second-order valence-electron chi connectivity index (χ2n) is 5.04. The third-order valence-corrected chi connectivity index (χ3v) is 3.06. The molecule has 6 nitrogen and oxygen atoms in total. The number of guanidine groups is 1. The molecule has 22 heavy (non-hydrogen) atoms. The van der Waals surface area contributed by atoms with Crippen LogP contribution in [0.4, 0.5) is 0 Å². The first-order valence-corrected chi connectivity index (χ1v) is 7.69. The molecule has 0 saturated carbocycles. The molecule has 0 aliphatic carbocycles. The number of halogens is 1. The maximum absolute atomic E-state index is 5.03. The molecule has 0 aliphatic rings. The van der Waals surface area contributed by atoms with Gasteiger partial charge in [-0.15, -0.1) is 24.0 Å². The predicted molar refractivity (Wildman–Crippen MR) is 102 cm³/mol. The minimum absolute atomic E-state index is 0. The number of aromatic nitrogens is 2. The van der Waals surface area contributed by atoms with Crippen molar-refractivity contribution in [1.82, 2.24) is 20.4 Å². The molecule has 0 saturated heterocycles. The minimum atomic E-state index is 0. The van der Waals surface area contributed by atoms with Crippen LogP contribution in [0, 0.1) is 13.8 Å². The first-order chi connectivity index (χ1) is 10.2. The van der Waals surface area contributed by atoms with Gasteiger partial charge in [0.1, 0.15) is 0 Å². The second-order valence-corrected chi connectivity index (χ2v) is 5.04. The Morgan fingerprint density at radius 1 is 1.32 bits per heavy atom. The minimum Gasteiger partial charge on any atom is -0.385 e. The molecule has 0 amide bonds. The summed E-state index contributed by atoms with van der Waals surface area (Å²) < 4.78 is 7.08. The third kappa shape index (κ3) is 8.57. The summed E-state index contributed by atoms with van der Waals surface area (Å²) in [5.41, 5.74) is 2.28. The van der Waals surface area contributed by atoms with Crippen molar-refractivity contribution < 1.29 is 4.74 Å². The molecule has 0 aromatic carbocycles. The van der Waals surface area contributed by atoms with Crippen molar-refractivity contribution >= 4 is 29.9 Å². The number of rotatable bonds is 9. The Kier molecular flexibility index (Phi) is 12.2. The van der Waals surface area contributed by atoms with Crippen LogP contribution in [0.3, 0.4) is 0 Å². The number of hydrogen-bond acceptors (Lipinski definition) is 3. The average Bonchev–Trinajstić information content (AvgIpc) is 2.77. The first-order valence-electron chi connectivity index (χ1n) is 7.69. The summed E-state index contributed by atoms with van der Waals surface area (Å²) in [6, 6.07) is 2.10. The fourth-order valence-corrected chi connectivity index (χ4v) is 2.08. The SMILES string of the molecule is CCNC(=NCCCn1nc(C)cc1C)NCCCOC.I. The topological polar surface area (TPSA) is 63.5 Å². The van der Waals surface area contributed by atoms with Crippen LogP contribution in [0.2, 0.25) is 0 Å². The fraction of sp³-hybridized carbons (Fsp3) is 0.733. The largest absolute Gasteiger partial charge is 0.385 e. The standard InChI is InChI=1S/C15H29N5O.HI/c1-5-16-15(18-9-7-11-21-4)17-8-6-10-20-14(3)12-13(2)19-20;/h12H,5-11H2,1-4H3,(H2,16,17,18);1H. The molecular formula is C15H30IN5O. The lowest BCUT2D eigenvalue weighted by Crippen LogP contribution is -2.38. The first kappa shape index (κ1) is 21.2. The van der Waals surface area contributed by atoms with E-state index < -0.39 is 0 Å². The van der Waals surface area contributed by atoms with Crippen LogP contribution in [0.1, 0.15) is 31.2 Å². The van der Waals surface area contributed by atoms with E-state index in [1.807, 2.05) is 11.6 Å². The molecule has 0 fully saturated rings. The number of aryl methyl sites for hydroxylation is 3. The summed E-state index contributed by atoms with van der Waals surface area (Å²) >= 11 is 0. The molecule has 0 unspecified atom stereocenters. The number of methoxy groups -OCH3 is 1. The van der Waals surface area contributed by atoms with Crippen molar-refractivity contribution in [2.75, 3.05) is 33.4 Å². The number of nitrogens with zero attached hydrogens (tertiary/aromatic N) is 3.